The largest absolute Gasteiger partial charge is 0.365 e. The Balaban J connectivity index is 2.86. The van der Waals surface area contributed by atoms with E-state index >= 15 is 0 Å². The van der Waals surface area contributed by atoms with E-state index in [9.17, 15) is 0 Å². The molecule has 0 aliphatic heterocycles. The highest BCUT2D eigenvalue weighted by Gasteiger charge is 2.10. The van der Waals surface area contributed by atoms with Gasteiger partial charge < -0.3 is 5.32 Å². The van der Waals surface area contributed by atoms with Crippen molar-refractivity contribution in [3.8, 4) is 0 Å². The number of anilines is 2. The van der Waals surface area contributed by atoms with E-state index < -0.39 is 0 Å². The van der Waals surface area contributed by atoms with Gasteiger partial charge in [0.2, 0.25) is 5.28 Å². The fraction of sp³-hybridized carbons (Fsp3) is 0.600. The molecule has 0 spiro atoms. The number of nitrogens with one attached hydrogen (secondary N) is 2. The smallest absolute Gasteiger partial charge is 0.224 e. The fourth-order valence-corrected chi connectivity index (χ4v) is 1.47. The Kier molecular flexibility index (Phi) is 5.28. The van der Waals surface area contributed by atoms with Crippen molar-refractivity contribution in [3.63, 3.8) is 0 Å². The predicted octanol–water partition coefficient (Wildman–Crippen LogP) is 2.70. The summed E-state index contributed by atoms with van der Waals surface area (Å²) in [5.41, 5.74) is 3.39. The molecule has 1 aromatic rings. The van der Waals surface area contributed by atoms with Crippen molar-refractivity contribution in [2.75, 3.05) is 17.9 Å². The molecule has 0 saturated heterocycles. The first-order valence-electron chi connectivity index (χ1n) is 5.29. The monoisotopic (exact) mass is 244 g/mol. The molecule has 0 radical (unpaired) electrons. The van der Waals surface area contributed by atoms with Gasteiger partial charge in [-0.15, -0.1) is 0 Å². The second kappa shape index (κ2) is 6.50. The van der Waals surface area contributed by atoms with Gasteiger partial charge in [0.1, 0.15) is 5.69 Å². The van der Waals surface area contributed by atoms with E-state index in [1.54, 1.807) is 6.20 Å². The van der Waals surface area contributed by atoms with Crippen LogP contribution in [-0.2, 0) is 4.84 Å². The standard InChI is InChI=1S/C10H17ClN4O/c1-4-7(5-2)13-9-8(15-16-3)6-12-10(11)14-9/h6-7,15H,4-5H2,1-3H3,(H,12,13,14). The minimum atomic E-state index is 0.218. The molecule has 0 unspecified atom stereocenters. The minimum absolute atomic E-state index is 0.218. The van der Waals surface area contributed by atoms with Gasteiger partial charge in [-0.05, 0) is 24.4 Å². The average molecular weight is 245 g/mol. The molecule has 0 atom stereocenters. The van der Waals surface area contributed by atoms with Crippen LogP contribution >= 0.6 is 11.6 Å². The van der Waals surface area contributed by atoms with E-state index in [4.69, 9.17) is 16.4 Å². The zero-order valence-corrected chi connectivity index (χ0v) is 10.5. The first kappa shape index (κ1) is 13.0. The third-order valence-corrected chi connectivity index (χ3v) is 2.48. The van der Waals surface area contributed by atoms with Crippen molar-refractivity contribution in [3.05, 3.63) is 11.5 Å². The Hall–Kier alpha value is -1.07. The van der Waals surface area contributed by atoms with Crippen molar-refractivity contribution in [1.82, 2.24) is 9.97 Å². The molecule has 0 amide bonds. The van der Waals surface area contributed by atoms with Gasteiger partial charge in [0.25, 0.3) is 0 Å². The Morgan fingerprint density at radius 1 is 1.44 bits per heavy atom. The first-order valence-corrected chi connectivity index (χ1v) is 5.67. The topological polar surface area (TPSA) is 59.1 Å². The maximum Gasteiger partial charge on any atom is 0.224 e. The maximum atomic E-state index is 5.76. The van der Waals surface area contributed by atoms with Gasteiger partial charge in [-0.1, -0.05) is 13.8 Å². The molecule has 0 aliphatic rings. The van der Waals surface area contributed by atoms with E-state index in [1.807, 2.05) is 0 Å². The Bertz CT molecular complexity index is 331. The highest BCUT2D eigenvalue weighted by molar-refractivity contribution is 6.28. The van der Waals surface area contributed by atoms with Crippen LogP contribution in [0.5, 0.6) is 0 Å². The third kappa shape index (κ3) is 3.50. The lowest BCUT2D eigenvalue weighted by atomic mass is 10.2. The average Bonchev–Trinajstić information content (AvgIpc) is 2.29. The second-order valence-corrected chi connectivity index (χ2v) is 3.70. The van der Waals surface area contributed by atoms with Crippen molar-refractivity contribution in [1.29, 1.82) is 0 Å². The van der Waals surface area contributed by atoms with Crippen LogP contribution in [0, 0.1) is 0 Å². The summed E-state index contributed by atoms with van der Waals surface area (Å²) in [4.78, 5) is 12.9. The number of hydrogen-bond acceptors (Lipinski definition) is 5. The maximum absolute atomic E-state index is 5.76. The predicted molar refractivity (Wildman–Crippen MR) is 65.7 cm³/mol. The summed E-state index contributed by atoms with van der Waals surface area (Å²) in [6, 6.07) is 0.364. The Morgan fingerprint density at radius 2 is 2.12 bits per heavy atom. The van der Waals surface area contributed by atoms with Crippen LogP contribution in [0.3, 0.4) is 0 Å². The number of rotatable bonds is 6. The van der Waals surface area contributed by atoms with Gasteiger partial charge in [-0.3, -0.25) is 10.3 Å². The number of nitrogens with zero attached hydrogens (tertiary/aromatic N) is 2. The minimum Gasteiger partial charge on any atom is -0.365 e. The van der Waals surface area contributed by atoms with Gasteiger partial charge in [-0.25, -0.2) is 4.98 Å². The van der Waals surface area contributed by atoms with Crippen LogP contribution in [-0.4, -0.2) is 23.1 Å². The zero-order valence-electron chi connectivity index (χ0n) is 9.75. The molecule has 1 rings (SSSR count). The SMILES string of the molecule is CCC(CC)Nc1nc(Cl)ncc1NOC. The van der Waals surface area contributed by atoms with Crippen LogP contribution in [0.15, 0.2) is 6.20 Å². The van der Waals surface area contributed by atoms with Gasteiger partial charge in [0.05, 0.1) is 13.3 Å². The van der Waals surface area contributed by atoms with Crippen LogP contribution in [0.4, 0.5) is 11.5 Å². The molecule has 6 heteroatoms. The van der Waals surface area contributed by atoms with Crippen LogP contribution in [0.2, 0.25) is 5.28 Å². The summed E-state index contributed by atoms with van der Waals surface area (Å²) in [5, 5.41) is 3.51. The molecular formula is C10H17ClN4O. The lowest BCUT2D eigenvalue weighted by molar-refractivity contribution is 0.271. The van der Waals surface area contributed by atoms with Crippen molar-refractivity contribution in [2.45, 2.75) is 32.7 Å². The Morgan fingerprint density at radius 3 is 2.69 bits per heavy atom. The summed E-state index contributed by atoms with van der Waals surface area (Å²) in [7, 11) is 1.54. The normalized spacial score (nSPS) is 10.6. The number of hydrogen-bond donors (Lipinski definition) is 2. The van der Waals surface area contributed by atoms with E-state index in [0.717, 1.165) is 12.8 Å². The van der Waals surface area contributed by atoms with Crippen LogP contribution in [0.1, 0.15) is 26.7 Å². The van der Waals surface area contributed by atoms with Crippen molar-refractivity contribution < 1.29 is 4.84 Å². The summed E-state index contributed by atoms with van der Waals surface area (Å²) in [6.45, 7) is 4.24. The molecule has 0 bridgehead atoms. The van der Waals surface area contributed by atoms with Crippen molar-refractivity contribution >= 4 is 23.1 Å². The fourth-order valence-electron chi connectivity index (χ4n) is 1.34. The number of halogens is 1. The summed E-state index contributed by atoms with van der Waals surface area (Å²) >= 11 is 5.76. The molecule has 1 heterocycles. The molecule has 2 N–H and O–H groups in total. The lowest BCUT2D eigenvalue weighted by Crippen LogP contribution is -2.19. The van der Waals surface area contributed by atoms with Crippen molar-refractivity contribution in [2.24, 2.45) is 0 Å². The van der Waals surface area contributed by atoms with E-state index in [-0.39, 0.29) is 5.28 Å². The van der Waals surface area contributed by atoms with Gasteiger partial charge in [0.15, 0.2) is 5.82 Å². The van der Waals surface area contributed by atoms with Crippen LogP contribution < -0.4 is 10.8 Å². The summed E-state index contributed by atoms with van der Waals surface area (Å²) < 4.78 is 0. The van der Waals surface area contributed by atoms with E-state index in [2.05, 4.69) is 34.6 Å². The quantitative estimate of drug-likeness (QED) is 0.595. The van der Waals surface area contributed by atoms with E-state index in [1.165, 1.54) is 7.11 Å². The number of aromatic nitrogens is 2. The van der Waals surface area contributed by atoms with E-state index in [0.29, 0.717) is 17.5 Å². The molecular weight excluding hydrogens is 228 g/mol. The van der Waals surface area contributed by atoms with Gasteiger partial charge in [0, 0.05) is 6.04 Å². The lowest BCUT2D eigenvalue weighted by Gasteiger charge is -2.17. The molecule has 0 aromatic carbocycles. The molecule has 0 saturated carbocycles. The Labute approximate surface area is 101 Å². The zero-order chi connectivity index (χ0) is 12.0. The molecule has 0 aliphatic carbocycles. The summed E-state index contributed by atoms with van der Waals surface area (Å²) in [5.74, 6) is 0.663. The van der Waals surface area contributed by atoms with Gasteiger partial charge in [-0.2, -0.15) is 4.98 Å². The van der Waals surface area contributed by atoms with Gasteiger partial charge >= 0.3 is 0 Å². The summed E-state index contributed by atoms with van der Waals surface area (Å²) in [6.07, 6.45) is 3.62. The molecule has 16 heavy (non-hydrogen) atoms. The first-order chi connectivity index (χ1) is 7.71. The molecule has 90 valence electrons. The molecule has 5 nitrogen and oxygen atoms in total. The molecule has 0 fully saturated rings. The third-order valence-electron chi connectivity index (χ3n) is 2.30. The van der Waals surface area contributed by atoms with Crippen LogP contribution in [0.25, 0.3) is 0 Å². The highest BCUT2D eigenvalue weighted by atomic mass is 35.5. The highest BCUT2D eigenvalue weighted by Crippen LogP contribution is 2.21. The molecule has 1 aromatic heterocycles. The second-order valence-electron chi connectivity index (χ2n) is 3.37.